The van der Waals surface area contributed by atoms with Crippen LogP contribution >= 0.6 is 22.7 Å². The number of ketones is 1. The molecule has 0 aliphatic carbocycles. The third-order valence-electron chi connectivity index (χ3n) is 7.85. The zero-order valence-corrected chi connectivity index (χ0v) is 24.7. The molecule has 2 aliphatic heterocycles. The predicted molar refractivity (Wildman–Crippen MR) is 158 cm³/mol. The minimum atomic E-state index is -0.278. The van der Waals surface area contributed by atoms with E-state index < -0.39 is 0 Å². The van der Waals surface area contributed by atoms with Crippen molar-refractivity contribution in [2.75, 3.05) is 38.0 Å². The third-order valence-corrected chi connectivity index (χ3v) is 9.79. The van der Waals surface area contributed by atoms with Gasteiger partial charge in [-0.2, -0.15) is 0 Å². The molecule has 5 rings (SSSR count). The van der Waals surface area contributed by atoms with Gasteiger partial charge in [0, 0.05) is 56.6 Å². The van der Waals surface area contributed by atoms with E-state index in [1.54, 1.807) is 30.4 Å². The van der Waals surface area contributed by atoms with Crippen molar-refractivity contribution in [1.82, 2.24) is 25.1 Å². The second kappa shape index (κ2) is 13.3. The summed E-state index contributed by atoms with van der Waals surface area (Å²) >= 11 is 2.89. The van der Waals surface area contributed by atoms with Crippen LogP contribution in [-0.2, 0) is 13.0 Å². The normalized spacial score (nSPS) is 22.2. The number of nitrogens with one attached hydrogen (secondary N) is 2. The quantitative estimate of drug-likeness (QED) is 0.336. The van der Waals surface area contributed by atoms with Crippen molar-refractivity contribution in [3.8, 4) is 0 Å². The zero-order chi connectivity index (χ0) is 28.1. The predicted octanol–water partition coefficient (Wildman–Crippen LogP) is 5.22. The number of nitrogens with zero attached hydrogens (tertiary/aromatic N) is 4. The number of likely N-dealkylation sites (tertiary alicyclic amines) is 2. The molecule has 1 aromatic carbocycles. The van der Waals surface area contributed by atoms with E-state index in [1.807, 2.05) is 23.7 Å². The zero-order valence-electron chi connectivity index (χ0n) is 23.1. The molecule has 11 heteroatoms. The summed E-state index contributed by atoms with van der Waals surface area (Å²) in [5.41, 5.74) is 1.82. The van der Waals surface area contributed by atoms with Crippen LogP contribution in [0.1, 0.15) is 52.1 Å². The van der Waals surface area contributed by atoms with E-state index in [1.165, 1.54) is 30.2 Å². The highest BCUT2D eigenvalue weighted by atomic mass is 32.1. The van der Waals surface area contributed by atoms with Crippen LogP contribution in [0.25, 0.3) is 0 Å². The van der Waals surface area contributed by atoms with E-state index in [9.17, 15) is 14.0 Å². The lowest BCUT2D eigenvalue weighted by Gasteiger charge is -2.42. The Morgan fingerprint density at radius 3 is 2.67 bits per heavy atom. The van der Waals surface area contributed by atoms with Gasteiger partial charge in [-0.1, -0.05) is 23.5 Å². The molecular weight excluding hydrogens is 547 g/mol. The number of aromatic nitrogens is 2. The highest BCUT2D eigenvalue weighted by Crippen LogP contribution is 2.27. The van der Waals surface area contributed by atoms with Gasteiger partial charge in [0.05, 0.1) is 17.1 Å². The second-order valence-corrected chi connectivity index (χ2v) is 13.0. The second-order valence-electron chi connectivity index (χ2n) is 11.0. The van der Waals surface area contributed by atoms with Crippen molar-refractivity contribution in [2.24, 2.45) is 11.8 Å². The van der Waals surface area contributed by atoms with E-state index in [-0.39, 0.29) is 29.6 Å². The first-order valence-electron chi connectivity index (χ1n) is 14.0. The molecular formula is C29H37FN6O2S2. The molecule has 3 aromatic rings. The maximum atomic E-state index is 13.4. The van der Waals surface area contributed by atoms with E-state index in [0.29, 0.717) is 21.6 Å². The van der Waals surface area contributed by atoms with Crippen LogP contribution < -0.4 is 10.6 Å². The van der Waals surface area contributed by atoms with E-state index in [0.717, 1.165) is 63.5 Å². The molecule has 2 aromatic heterocycles. The Morgan fingerprint density at radius 1 is 1.12 bits per heavy atom. The summed E-state index contributed by atoms with van der Waals surface area (Å²) in [5.74, 6) is 0.554. The summed E-state index contributed by atoms with van der Waals surface area (Å²) in [6.07, 6.45) is 5.97. The molecule has 214 valence electrons. The molecule has 2 saturated heterocycles. The van der Waals surface area contributed by atoms with E-state index >= 15 is 0 Å². The molecule has 40 heavy (non-hydrogen) atoms. The van der Waals surface area contributed by atoms with Gasteiger partial charge in [0.2, 0.25) is 0 Å². The molecule has 2 aliphatic rings. The number of carbonyl (C=O) groups is 2. The number of urea groups is 1. The Bertz CT molecular complexity index is 1280. The van der Waals surface area contributed by atoms with Gasteiger partial charge in [-0.3, -0.25) is 15.0 Å². The van der Waals surface area contributed by atoms with Crippen molar-refractivity contribution < 1.29 is 14.0 Å². The molecule has 2 N–H and O–H groups in total. The van der Waals surface area contributed by atoms with Crippen LogP contribution in [0.4, 0.5) is 14.3 Å². The fourth-order valence-corrected chi connectivity index (χ4v) is 7.51. The number of halogens is 1. The van der Waals surface area contributed by atoms with Gasteiger partial charge < -0.3 is 10.2 Å². The smallest absolute Gasteiger partial charge is 0.321 e. The molecule has 0 saturated carbocycles. The third kappa shape index (κ3) is 7.72. The topological polar surface area (TPSA) is 90.5 Å². The fraction of sp³-hybridized carbons (Fsp3) is 0.517. The summed E-state index contributed by atoms with van der Waals surface area (Å²) in [4.78, 5) is 39.2. The minimum Gasteiger partial charge on any atom is -0.335 e. The van der Waals surface area contributed by atoms with Crippen LogP contribution in [0.2, 0.25) is 0 Å². The lowest BCUT2D eigenvalue weighted by Crippen LogP contribution is -2.55. The van der Waals surface area contributed by atoms with Crippen molar-refractivity contribution in [3.63, 3.8) is 0 Å². The number of anilines is 1. The standard InChI is InChI=1S/C29H37FN6O2S2/c1-19-27(20(2)37)40-29(32-19)34-28(38)33-25-9-12-36(18-26-31-10-13-39-26)17-23(25)16-35-11-3-4-22(15-35)14-21-5-7-24(30)8-6-21/h5-8,10,13,22-23,25H,3-4,9,11-12,14-18H2,1-2H3,(H2,32,33,34,38)/t22-,23+,25+/m0/s1. The van der Waals surface area contributed by atoms with Gasteiger partial charge >= 0.3 is 6.03 Å². The maximum absolute atomic E-state index is 13.4. The summed E-state index contributed by atoms with van der Waals surface area (Å²) in [6, 6.07) is 6.63. The lowest BCUT2D eigenvalue weighted by atomic mass is 9.88. The van der Waals surface area contributed by atoms with Gasteiger partial charge in [0.25, 0.3) is 0 Å². The number of carbonyl (C=O) groups excluding carboxylic acids is 2. The van der Waals surface area contributed by atoms with Gasteiger partial charge in [-0.15, -0.1) is 11.3 Å². The van der Waals surface area contributed by atoms with Crippen LogP contribution in [0.5, 0.6) is 0 Å². The van der Waals surface area contributed by atoms with Crippen LogP contribution in [0.15, 0.2) is 35.8 Å². The number of rotatable bonds is 9. The monoisotopic (exact) mass is 584 g/mol. The van der Waals surface area contributed by atoms with Crippen molar-refractivity contribution in [3.05, 3.63) is 62.8 Å². The fourth-order valence-electron chi connectivity index (χ4n) is 6.00. The highest BCUT2D eigenvalue weighted by Gasteiger charge is 2.33. The summed E-state index contributed by atoms with van der Waals surface area (Å²) in [5, 5.41) is 9.66. The number of benzene rings is 1. The van der Waals surface area contributed by atoms with Crippen molar-refractivity contribution in [1.29, 1.82) is 0 Å². The Balaban J connectivity index is 1.22. The first kappa shape index (κ1) is 28.8. The number of thiazole rings is 2. The highest BCUT2D eigenvalue weighted by molar-refractivity contribution is 7.17. The van der Waals surface area contributed by atoms with Crippen LogP contribution in [-0.4, -0.2) is 70.3 Å². The molecule has 8 nitrogen and oxygen atoms in total. The first-order valence-corrected chi connectivity index (χ1v) is 15.7. The van der Waals surface area contributed by atoms with Crippen molar-refractivity contribution in [2.45, 2.75) is 52.1 Å². The Morgan fingerprint density at radius 2 is 1.95 bits per heavy atom. The Labute approximate surface area is 243 Å². The largest absolute Gasteiger partial charge is 0.335 e. The van der Waals surface area contributed by atoms with Gasteiger partial charge in [-0.05, 0) is 62.8 Å². The molecule has 3 atom stereocenters. The molecule has 2 fully saturated rings. The van der Waals surface area contributed by atoms with Gasteiger partial charge in [0.15, 0.2) is 10.9 Å². The molecule has 4 heterocycles. The molecule has 0 unspecified atom stereocenters. The molecule has 0 radical (unpaired) electrons. The number of piperidine rings is 2. The first-order chi connectivity index (χ1) is 19.3. The van der Waals surface area contributed by atoms with Gasteiger partial charge in [0.1, 0.15) is 10.8 Å². The molecule has 2 amide bonds. The van der Waals surface area contributed by atoms with Crippen LogP contribution in [0, 0.1) is 24.6 Å². The van der Waals surface area contributed by atoms with E-state index in [4.69, 9.17) is 0 Å². The number of amides is 2. The summed E-state index contributed by atoms with van der Waals surface area (Å²) < 4.78 is 13.4. The summed E-state index contributed by atoms with van der Waals surface area (Å²) in [6.45, 7) is 8.86. The number of aryl methyl sites for hydroxylation is 1. The average Bonchev–Trinajstić information content (AvgIpc) is 3.56. The number of hydrogen-bond acceptors (Lipinski definition) is 8. The van der Waals surface area contributed by atoms with Crippen LogP contribution in [0.3, 0.4) is 0 Å². The minimum absolute atomic E-state index is 0.0263. The Kier molecular flexibility index (Phi) is 9.56. The number of hydrogen-bond donors (Lipinski definition) is 2. The van der Waals surface area contributed by atoms with Gasteiger partial charge in [-0.25, -0.2) is 19.2 Å². The van der Waals surface area contributed by atoms with Crippen molar-refractivity contribution >= 4 is 39.6 Å². The average molecular weight is 585 g/mol. The summed E-state index contributed by atoms with van der Waals surface area (Å²) in [7, 11) is 0. The lowest BCUT2D eigenvalue weighted by molar-refractivity contribution is 0.0818. The molecule has 0 bridgehead atoms. The SMILES string of the molecule is CC(=O)c1sc(NC(=O)N[C@@H]2CCN(Cc3nccs3)C[C@H]2CN2CCC[C@@H](Cc3ccc(F)cc3)C2)nc1C. The number of Topliss-reactive ketones (excluding diaryl/α,β-unsaturated/α-hetero) is 1. The molecule has 0 spiro atoms. The van der Waals surface area contributed by atoms with E-state index in [2.05, 4.69) is 30.4 Å². The maximum Gasteiger partial charge on any atom is 0.321 e. The Hall–Kier alpha value is -2.73.